The predicted molar refractivity (Wildman–Crippen MR) is 92.4 cm³/mol. The molecule has 0 aliphatic heterocycles. The molecule has 0 aliphatic rings. The predicted octanol–water partition coefficient (Wildman–Crippen LogP) is 4.74. The maximum Gasteiger partial charge on any atom is 0.234 e. The molecule has 0 spiro atoms. The number of hydrogen-bond donors (Lipinski definition) is 1. The zero-order chi connectivity index (χ0) is 15.9. The summed E-state index contributed by atoms with van der Waals surface area (Å²) in [5.41, 5.74) is 2.21. The van der Waals surface area contributed by atoms with E-state index in [1.165, 1.54) is 11.8 Å². The second kappa shape index (κ2) is 8.09. The first-order chi connectivity index (χ1) is 10.6. The Morgan fingerprint density at radius 1 is 1.18 bits per heavy atom. The normalized spacial score (nSPS) is 10.0. The van der Waals surface area contributed by atoms with Gasteiger partial charge in [-0.25, -0.2) is 0 Å². The van der Waals surface area contributed by atoms with Crippen LogP contribution in [0.4, 0.5) is 5.69 Å². The van der Waals surface area contributed by atoms with Gasteiger partial charge in [0.05, 0.1) is 28.1 Å². The summed E-state index contributed by atoms with van der Waals surface area (Å²) < 4.78 is 0. The molecular formula is C16H12Cl2N2OS. The number of halogens is 2. The molecule has 6 heteroatoms. The highest BCUT2D eigenvalue weighted by molar-refractivity contribution is 7.99. The van der Waals surface area contributed by atoms with Crippen LogP contribution in [0.1, 0.15) is 11.1 Å². The van der Waals surface area contributed by atoms with Crippen molar-refractivity contribution in [3.8, 4) is 6.07 Å². The molecule has 2 aromatic rings. The molecule has 2 rings (SSSR count). The lowest BCUT2D eigenvalue weighted by Gasteiger charge is -2.07. The third-order valence-electron chi connectivity index (χ3n) is 2.79. The van der Waals surface area contributed by atoms with Crippen molar-refractivity contribution < 1.29 is 4.79 Å². The summed E-state index contributed by atoms with van der Waals surface area (Å²) in [4.78, 5) is 11.9. The van der Waals surface area contributed by atoms with Gasteiger partial charge in [-0.2, -0.15) is 5.26 Å². The summed E-state index contributed by atoms with van der Waals surface area (Å²) in [6.45, 7) is 0. The molecule has 22 heavy (non-hydrogen) atoms. The van der Waals surface area contributed by atoms with Crippen molar-refractivity contribution in [3.63, 3.8) is 0 Å². The van der Waals surface area contributed by atoms with Crippen LogP contribution >= 0.6 is 35.0 Å². The smallest absolute Gasteiger partial charge is 0.234 e. The fourth-order valence-corrected chi connectivity index (χ4v) is 2.84. The minimum absolute atomic E-state index is 0.136. The molecule has 0 fully saturated rings. The molecular weight excluding hydrogens is 339 g/mol. The Kier molecular flexibility index (Phi) is 6.14. The molecule has 0 saturated heterocycles. The van der Waals surface area contributed by atoms with Crippen molar-refractivity contribution in [2.45, 2.75) is 5.75 Å². The van der Waals surface area contributed by atoms with Crippen LogP contribution in [0.2, 0.25) is 10.0 Å². The Labute approximate surface area is 143 Å². The van der Waals surface area contributed by atoms with Crippen LogP contribution in [0.15, 0.2) is 42.5 Å². The summed E-state index contributed by atoms with van der Waals surface area (Å²) in [6, 6.07) is 14.3. The van der Waals surface area contributed by atoms with Crippen LogP contribution < -0.4 is 5.32 Å². The molecule has 112 valence electrons. The van der Waals surface area contributed by atoms with Crippen molar-refractivity contribution >= 4 is 46.6 Å². The van der Waals surface area contributed by atoms with Gasteiger partial charge in [0.25, 0.3) is 0 Å². The summed E-state index contributed by atoms with van der Waals surface area (Å²) >= 11 is 13.3. The average molecular weight is 351 g/mol. The lowest BCUT2D eigenvalue weighted by Crippen LogP contribution is -2.14. The third-order valence-corrected chi connectivity index (χ3v) is 4.36. The average Bonchev–Trinajstić information content (AvgIpc) is 2.51. The minimum Gasteiger partial charge on any atom is -0.324 e. The van der Waals surface area contributed by atoms with E-state index in [0.29, 0.717) is 32.8 Å². The molecule has 1 N–H and O–H groups in total. The second-order valence-corrected chi connectivity index (χ2v) is 6.30. The molecule has 0 aromatic heterocycles. The molecule has 3 nitrogen and oxygen atoms in total. The van der Waals surface area contributed by atoms with Gasteiger partial charge in [0, 0.05) is 10.8 Å². The van der Waals surface area contributed by atoms with E-state index in [0.717, 1.165) is 5.56 Å². The van der Waals surface area contributed by atoms with Gasteiger partial charge in [0.1, 0.15) is 0 Å². The first-order valence-electron chi connectivity index (χ1n) is 6.40. The van der Waals surface area contributed by atoms with Crippen LogP contribution in [0.25, 0.3) is 0 Å². The number of nitrogens with zero attached hydrogens (tertiary/aromatic N) is 1. The standard InChI is InChI=1S/C16H12Cl2N2OS/c17-13-5-6-14(18)15(7-13)20-16(21)10-22-9-12-3-1-11(8-19)2-4-12/h1-7H,9-10H2,(H,20,21). The number of anilines is 1. The Bertz CT molecular complexity index is 711. The number of rotatable bonds is 5. The third kappa shape index (κ3) is 4.96. The number of hydrogen-bond acceptors (Lipinski definition) is 3. The molecule has 0 heterocycles. The molecule has 0 unspecified atom stereocenters. The highest BCUT2D eigenvalue weighted by Crippen LogP contribution is 2.25. The molecule has 0 bridgehead atoms. The molecule has 2 aromatic carbocycles. The van der Waals surface area contributed by atoms with Crippen LogP contribution in [0.3, 0.4) is 0 Å². The van der Waals surface area contributed by atoms with E-state index < -0.39 is 0 Å². The van der Waals surface area contributed by atoms with Crippen molar-refractivity contribution in [1.82, 2.24) is 0 Å². The van der Waals surface area contributed by atoms with Crippen LogP contribution in [-0.2, 0) is 10.5 Å². The second-order valence-electron chi connectivity index (χ2n) is 4.47. The van der Waals surface area contributed by atoms with E-state index in [9.17, 15) is 4.79 Å². The zero-order valence-corrected chi connectivity index (χ0v) is 13.8. The summed E-state index contributed by atoms with van der Waals surface area (Å²) in [5, 5.41) is 12.4. The number of thioether (sulfide) groups is 1. The quantitative estimate of drug-likeness (QED) is 0.847. The Hall–Kier alpha value is -1.67. The van der Waals surface area contributed by atoms with E-state index in [1.807, 2.05) is 12.1 Å². The van der Waals surface area contributed by atoms with Crippen molar-refractivity contribution in [2.24, 2.45) is 0 Å². The summed E-state index contributed by atoms with van der Waals surface area (Å²) in [7, 11) is 0. The van der Waals surface area contributed by atoms with Crippen LogP contribution in [0.5, 0.6) is 0 Å². The monoisotopic (exact) mass is 350 g/mol. The van der Waals surface area contributed by atoms with E-state index in [2.05, 4.69) is 11.4 Å². The molecule has 0 atom stereocenters. The van der Waals surface area contributed by atoms with Crippen LogP contribution in [-0.4, -0.2) is 11.7 Å². The van der Waals surface area contributed by atoms with Gasteiger partial charge in [0.15, 0.2) is 0 Å². The van der Waals surface area contributed by atoms with Gasteiger partial charge < -0.3 is 5.32 Å². The molecule has 1 amide bonds. The first kappa shape index (κ1) is 16.7. The Morgan fingerprint density at radius 2 is 1.91 bits per heavy atom. The van der Waals surface area contributed by atoms with E-state index in [-0.39, 0.29) is 5.91 Å². The number of nitrogens with one attached hydrogen (secondary N) is 1. The Balaban J connectivity index is 1.82. The zero-order valence-electron chi connectivity index (χ0n) is 11.5. The van der Waals surface area contributed by atoms with Gasteiger partial charge in [-0.1, -0.05) is 35.3 Å². The number of carbonyl (C=O) groups excluding carboxylic acids is 1. The fourth-order valence-electron chi connectivity index (χ4n) is 1.72. The van der Waals surface area contributed by atoms with Gasteiger partial charge in [-0.15, -0.1) is 11.8 Å². The van der Waals surface area contributed by atoms with E-state index in [4.69, 9.17) is 28.5 Å². The van der Waals surface area contributed by atoms with E-state index in [1.54, 1.807) is 30.3 Å². The van der Waals surface area contributed by atoms with Crippen molar-refractivity contribution in [2.75, 3.05) is 11.1 Å². The van der Waals surface area contributed by atoms with Gasteiger partial charge >= 0.3 is 0 Å². The largest absolute Gasteiger partial charge is 0.324 e. The maximum absolute atomic E-state index is 11.9. The number of benzene rings is 2. The molecule has 0 radical (unpaired) electrons. The van der Waals surface area contributed by atoms with Gasteiger partial charge in [0.2, 0.25) is 5.91 Å². The topological polar surface area (TPSA) is 52.9 Å². The van der Waals surface area contributed by atoms with Gasteiger partial charge in [-0.05, 0) is 35.9 Å². The lowest BCUT2D eigenvalue weighted by molar-refractivity contribution is -0.113. The SMILES string of the molecule is N#Cc1ccc(CSCC(=O)Nc2cc(Cl)ccc2Cl)cc1. The van der Waals surface area contributed by atoms with Crippen LogP contribution in [0, 0.1) is 11.3 Å². The summed E-state index contributed by atoms with van der Waals surface area (Å²) in [5.74, 6) is 0.869. The van der Waals surface area contributed by atoms with E-state index >= 15 is 0 Å². The van der Waals surface area contributed by atoms with Gasteiger partial charge in [-0.3, -0.25) is 4.79 Å². The number of carbonyl (C=O) groups is 1. The number of nitriles is 1. The molecule has 0 saturated carbocycles. The first-order valence-corrected chi connectivity index (χ1v) is 8.31. The maximum atomic E-state index is 11.9. The van der Waals surface area contributed by atoms with Crippen molar-refractivity contribution in [1.29, 1.82) is 5.26 Å². The fraction of sp³-hybridized carbons (Fsp3) is 0.125. The molecule has 0 aliphatic carbocycles. The summed E-state index contributed by atoms with van der Waals surface area (Å²) in [6.07, 6.45) is 0. The lowest BCUT2D eigenvalue weighted by atomic mass is 10.2. The highest BCUT2D eigenvalue weighted by atomic mass is 35.5. The van der Waals surface area contributed by atoms with Crippen molar-refractivity contribution in [3.05, 3.63) is 63.6 Å². The Morgan fingerprint density at radius 3 is 2.59 bits per heavy atom. The number of amides is 1. The minimum atomic E-state index is -0.136. The highest BCUT2D eigenvalue weighted by Gasteiger charge is 2.07.